The Morgan fingerprint density at radius 3 is 2.74 bits per heavy atom. The van der Waals surface area contributed by atoms with Gasteiger partial charge in [0.1, 0.15) is 35.9 Å². The van der Waals surface area contributed by atoms with E-state index >= 15 is 0 Å². The summed E-state index contributed by atoms with van der Waals surface area (Å²) in [6.07, 6.45) is -1.71. The molecule has 2 aromatic carbocycles. The molecule has 222 valence electrons. The van der Waals surface area contributed by atoms with Gasteiger partial charge in [-0.15, -0.1) is 5.10 Å². The number of ether oxygens (including phenoxy) is 2. The van der Waals surface area contributed by atoms with Crippen molar-refractivity contribution in [1.82, 2.24) is 15.0 Å². The van der Waals surface area contributed by atoms with Crippen LogP contribution in [0.1, 0.15) is 37.3 Å². The summed E-state index contributed by atoms with van der Waals surface area (Å²) in [6.45, 7) is -0.606. The molecule has 1 aliphatic heterocycles. The maximum absolute atomic E-state index is 14.5. The molecule has 7 atom stereocenters. The predicted molar refractivity (Wildman–Crippen MR) is 152 cm³/mol. The van der Waals surface area contributed by atoms with Crippen molar-refractivity contribution >= 4 is 27.5 Å². The third kappa shape index (κ3) is 5.96. The number of carbonyl (C=O) groups excluding carboxylic acids is 1. The highest BCUT2D eigenvalue weighted by atomic mass is 79.9. The van der Waals surface area contributed by atoms with Crippen LogP contribution in [-0.2, 0) is 14.3 Å². The second-order valence-corrected chi connectivity index (χ2v) is 11.4. The number of hydrogen-bond acceptors (Lipinski definition) is 9. The van der Waals surface area contributed by atoms with Gasteiger partial charge in [-0.25, -0.2) is 9.07 Å². The van der Waals surface area contributed by atoms with Gasteiger partial charge >= 0.3 is 0 Å². The van der Waals surface area contributed by atoms with Crippen molar-refractivity contribution in [2.45, 2.75) is 68.3 Å². The van der Waals surface area contributed by atoms with Crippen molar-refractivity contribution in [3.8, 4) is 17.3 Å². The molecule has 0 bridgehead atoms. The number of carbonyl (C=O) groups is 1. The van der Waals surface area contributed by atoms with Gasteiger partial charge < -0.3 is 29.7 Å². The first-order valence-corrected chi connectivity index (χ1v) is 14.4. The minimum Gasteiger partial charge on any atom is -0.394 e. The summed E-state index contributed by atoms with van der Waals surface area (Å²) >= 11 is 3.41. The second-order valence-electron chi connectivity index (χ2n) is 10.5. The number of hydrogen-bond donors (Lipinski definition) is 3. The van der Waals surface area contributed by atoms with E-state index in [1.165, 1.54) is 41.1 Å². The van der Waals surface area contributed by atoms with Crippen molar-refractivity contribution < 1.29 is 34.0 Å². The summed E-state index contributed by atoms with van der Waals surface area (Å²) < 4.78 is 27.5. The zero-order valence-electron chi connectivity index (χ0n) is 22.8. The lowest BCUT2D eigenvalue weighted by Crippen LogP contribution is -2.63. The van der Waals surface area contributed by atoms with Crippen molar-refractivity contribution in [3.05, 3.63) is 64.5 Å². The normalized spacial score (nSPS) is 27.8. The molecule has 1 saturated heterocycles. The molecule has 42 heavy (non-hydrogen) atoms. The van der Waals surface area contributed by atoms with Crippen molar-refractivity contribution in [1.29, 1.82) is 5.26 Å². The van der Waals surface area contributed by atoms with E-state index in [1.54, 1.807) is 24.3 Å². The number of halogens is 2. The van der Waals surface area contributed by atoms with Crippen LogP contribution in [0.15, 0.2) is 53.1 Å². The molecule has 2 aliphatic rings. The number of anilines is 1. The smallest absolute Gasteiger partial charge is 0.259 e. The molecule has 3 aromatic rings. The van der Waals surface area contributed by atoms with Crippen LogP contribution in [0, 0.1) is 17.1 Å². The molecule has 1 amide bonds. The number of methoxy groups -OCH3 is 1. The highest BCUT2D eigenvalue weighted by molar-refractivity contribution is 9.10. The number of benzene rings is 2. The Morgan fingerprint density at radius 2 is 2.05 bits per heavy atom. The van der Waals surface area contributed by atoms with Crippen LogP contribution >= 0.6 is 15.9 Å². The van der Waals surface area contributed by atoms with E-state index < -0.39 is 60.9 Å². The molecular formula is C29H31BrFN5O6. The van der Waals surface area contributed by atoms with Gasteiger partial charge in [0.2, 0.25) is 0 Å². The molecule has 11 nitrogen and oxygen atoms in total. The second kappa shape index (κ2) is 12.9. The zero-order chi connectivity index (χ0) is 30.0. The Labute approximate surface area is 250 Å². The topological polar surface area (TPSA) is 154 Å². The first kappa shape index (κ1) is 30.2. The number of rotatable bonds is 7. The SMILES string of the molecule is CO[C@@H]1[C@@H](n2cc(-c3cccc(F)c3)nn2)[C@@H](O)[C@@H](CO)O[C@H]1C(=O)N(c1cc(Br)cc(C#N)c1)[C@H]1CCCC[C@@H]1O. The molecule has 1 saturated carbocycles. The molecule has 5 rings (SSSR count). The molecule has 0 unspecified atom stereocenters. The average molecular weight is 644 g/mol. The molecular weight excluding hydrogens is 613 g/mol. The van der Waals surface area contributed by atoms with E-state index in [9.17, 15) is 29.8 Å². The Bertz CT molecular complexity index is 1470. The lowest BCUT2D eigenvalue weighted by Gasteiger charge is -2.46. The summed E-state index contributed by atoms with van der Waals surface area (Å²) in [5.41, 5.74) is 1.48. The highest BCUT2D eigenvalue weighted by Crippen LogP contribution is 2.37. The fourth-order valence-electron chi connectivity index (χ4n) is 5.85. The third-order valence-corrected chi connectivity index (χ3v) is 8.33. The van der Waals surface area contributed by atoms with Gasteiger partial charge in [-0.1, -0.05) is 46.1 Å². The van der Waals surface area contributed by atoms with Crippen LogP contribution < -0.4 is 4.90 Å². The van der Waals surface area contributed by atoms with E-state index in [0.29, 0.717) is 39.8 Å². The number of nitriles is 1. The summed E-state index contributed by atoms with van der Waals surface area (Å²) in [5.74, 6) is -1.03. The molecule has 3 N–H and O–H groups in total. The van der Waals surface area contributed by atoms with Crippen LogP contribution in [0.5, 0.6) is 0 Å². The summed E-state index contributed by atoms with van der Waals surface area (Å²) in [4.78, 5) is 15.9. The minimum atomic E-state index is -1.35. The molecule has 2 heterocycles. The lowest BCUT2D eigenvalue weighted by molar-refractivity contribution is -0.211. The standard InChI is InChI=1S/C29H31BrFN5O6/c1-41-27-25(35-14-21(33-34-35)17-5-4-6-19(31)11-17)26(39)24(15-37)42-28(27)29(40)36(22-7-2-3-8-23(22)38)20-10-16(13-32)9-18(30)12-20/h4-6,9-12,14,22-28,37-39H,2-3,7-8,15H2,1H3/t22-,23-,24+,25-,26-,27+,28+/m0/s1. The number of nitrogens with zero attached hydrogens (tertiary/aromatic N) is 5. The number of aliphatic hydroxyl groups is 3. The Kier molecular flexibility index (Phi) is 9.32. The largest absolute Gasteiger partial charge is 0.394 e. The third-order valence-electron chi connectivity index (χ3n) is 7.87. The van der Waals surface area contributed by atoms with Gasteiger partial charge in [-0.2, -0.15) is 5.26 Å². The van der Waals surface area contributed by atoms with Gasteiger partial charge in [0, 0.05) is 22.8 Å². The quantitative estimate of drug-likeness (QED) is 0.352. The van der Waals surface area contributed by atoms with Crippen LogP contribution in [0.25, 0.3) is 11.3 Å². The maximum Gasteiger partial charge on any atom is 0.259 e. The Balaban J connectivity index is 1.56. The maximum atomic E-state index is 14.5. The first-order chi connectivity index (χ1) is 20.2. The monoisotopic (exact) mass is 643 g/mol. The fraction of sp³-hybridized carbons (Fsp3) is 0.448. The van der Waals surface area contributed by atoms with Gasteiger partial charge in [-0.05, 0) is 43.2 Å². The lowest BCUT2D eigenvalue weighted by atomic mass is 9.88. The van der Waals surface area contributed by atoms with Gasteiger partial charge in [0.15, 0.2) is 6.10 Å². The zero-order valence-corrected chi connectivity index (χ0v) is 24.3. The predicted octanol–water partition coefficient (Wildman–Crippen LogP) is 2.73. The van der Waals surface area contributed by atoms with Crippen LogP contribution in [-0.4, -0.2) is 86.5 Å². The average Bonchev–Trinajstić information content (AvgIpc) is 3.47. The van der Waals surface area contributed by atoms with E-state index in [4.69, 9.17) is 9.47 Å². The summed E-state index contributed by atoms with van der Waals surface area (Å²) in [7, 11) is 1.37. The van der Waals surface area contributed by atoms with E-state index in [2.05, 4.69) is 32.3 Å². The molecule has 0 radical (unpaired) electrons. The van der Waals surface area contributed by atoms with Crippen molar-refractivity contribution in [2.24, 2.45) is 0 Å². The minimum absolute atomic E-state index is 0.310. The van der Waals surface area contributed by atoms with E-state index in [1.807, 2.05) is 0 Å². The van der Waals surface area contributed by atoms with Gasteiger partial charge in [0.25, 0.3) is 5.91 Å². The fourth-order valence-corrected chi connectivity index (χ4v) is 6.33. The van der Waals surface area contributed by atoms with Crippen molar-refractivity contribution in [2.75, 3.05) is 18.6 Å². The summed E-state index contributed by atoms with van der Waals surface area (Å²) in [6, 6.07) is 11.1. The summed E-state index contributed by atoms with van der Waals surface area (Å²) in [5, 5.41) is 50.2. The molecule has 1 aliphatic carbocycles. The number of aliphatic hydroxyl groups excluding tert-OH is 3. The van der Waals surface area contributed by atoms with Crippen molar-refractivity contribution in [3.63, 3.8) is 0 Å². The molecule has 13 heteroatoms. The number of amides is 1. The van der Waals surface area contributed by atoms with Crippen LogP contribution in [0.4, 0.5) is 10.1 Å². The van der Waals surface area contributed by atoms with Crippen LogP contribution in [0.3, 0.4) is 0 Å². The van der Waals surface area contributed by atoms with E-state index in [0.717, 1.165) is 12.8 Å². The molecule has 2 fully saturated rings. The van der Waals surface area contributed by atoms with Gasteiger partial charge in [0.05, 0.1) is 36.6 Å². The highest BCUT2D eigenvalue weighted by Gasteiger charge is 2.52. The van der Waals surface area contributed by atoms with Gasteiger partial charge in [-0.3, -0.25) is 4.79 Å². The Hall–Kier alpha value is -3.25. The molecule has 1 aromatic heterocycles. The number of aromatic nitrogens is 3. The van der Waals surface area contributed by atoms with E-state index in [-0.39, 0.29) is 0 Å². The van der Waals surface area contributed by atoms with Crippen LogP contribution in [0.2, 0.25) is 0 Å². The first-order valence-electron chi connectivity index (χ1n) is 13.6. The molecule has 0 spiro atoms. The Morgan fingerprint density at radius 1 is 1.26 bits per heavy atom.